The zero-order valence-corrected chi connectivity index (χ0v) is 7.51. The predicted molar refractivity (Wildman–Crippen MR) is 51.6 cm³/mol. The van der Waals surface area contributed by atoms with Crippen molar-refractivity contribution in [2.24, 2.45) is 0 Å². The summed E-state index contributed by atoms with van der Waals surface area (Å²) in [5.41, 5.74) is 7.54. The molecule has 0 aliphatic carbocycles. The number of fused-ring (bicyclic) bond motifs is 1. The van der Waals surface area contributed by atoms with Gasteiger partial charge in [0, 0.05) is 6.07 Å². The van der Waals surface area contributed by atoms with E-state index in [4.69, 9.17) is 10.3 Å². The summed E-state index contributed by atoms with van der Waals surface area (Å²) in [7, 11) is 0. The highest BCUT2D eigenvalue weighted by molar-refractivity contribution is 5.96. The van der Waals surface area contributed by atoms with E-state index >= 15 is 0 Å². The van der Waals surface area contributed by atoms with E-state index in [1.807, 2.05) is 0 Å². The first-order chi connectivity index (χ1) is 7.36. The number of rotatable bonds is 1. The number of hydrogen-bond donors (Lipinski definition) is 2. The predicted octanol–water partition coefficient (Wildman–Crippen LogP) is 0.590. The highest BCUT2D eigenvalue weighted by Crippen LogP contribution is 2.26. The van der Waals surface area contributed by atoms with Gasteiger partial charge in [0.1, 0.15) is 29.8 Å². The van der Waals surface area contributed by atoms with Crippen molar-refractivity contribution in [2.45, 2.75) is 0 Å². The van der Waals surface area contributed by atoms with Crippen molar-refractivity contribution in [1.29, 1.82) is 0 Å². The van der Waals surface area contributed by atoms with Gasteiger partial charge in [0.2, 0.25) is 0 Å². The van der Waals surface area contributed by atoms with Crippen LogP contribution in [0.2, 0.25) is 0 Å². The first-order valence-corrected chi connectivity index (χ1v) is 4.21. The Balaban J connectivity index is 2.37. The second-order valence-corrected chi connectivity index (χ2v) is 2.94. The monoisotopic (exact) mass is 202 g/mol. The van der Waals surface area contributed by atoms with E-state index in [1.54, 1.807) is 6.07 Å². The molecule has 3 aromatic rings. The highest BCUT2D eigenvalue weighted by Gasteiger charge is 2.13. The van der Waals surface area contributed by atoms with Gasteiger partial charge in [0.05, 0.1) is 5.39 Å². The molecule has 3 N–H and O–H groups in total. The number of nitrogens with one attached hydrogen (secondary N) is 1. The maximum absolute atomic E-state index is 5.74. The number of nitrogens with two attached hydrogens (primary N) is 1. The molecule has 3 heterocycles. The van der Waals surface area contributed by atoms with Crippen molar-refractivity contribution >= 4 is 16.9 Å². The van der Waals surface area contributed by atoms with Crippen LogP contribution in [-0.2, 0) is 0 Å². The summed E-state index contributed by atoms with van der Waals surface area (Å²) in [6.45, 7) is 0. The lowest BCUT2D eigenvalue weighted by Gasteiger charge is -1.94. The summed E-state index contributed by atoms with van der Waals surface area (Å²) in [6.07, 6.45) is 2.84. The third kappa shape index (κ3) is 1.06. The molecule has 0 amide bonds. The van der Waals surface area contributed by atoms with Crippen molar-refractivity contribution in [3.8, 4) is 11.4 Å². The Labute approximate surface area is 83.3 Å². The molecule has 0 saturated heterocycles. The van der Waals surface area contributed by atoms with Crippen LogP contribution in [-0.4, -0.2) is 25.3 Å². The molecule has 0 atom stereocenters. The molecule has 0 aliphatic heterocycles. The number of aromatic amines is 1. The van der Waals surface area contributed by atoms with Gasteiger partial charge < -0.3 is 10.3 Å². The van der Waals surface area contributed by atoms with Crippen LogP contribution >= 0.6 is 0 Å². The van der Waals surface area contributed by atoms with Crippen LogP contribution in [0.1, 0.15) is 0 Å². The molecule has 0 bridgehead atoms. The Hall–Kier alpha value is -2.44. The Morgan fingerprint density at radius 3 is 3.07 bits per heavy atom. The van der Waals surface area contributed by atoms with Crippen LogP contribution in [0.25, 0.3) is 22.4 Å². The van der Waals surface area contributed by atoms with E-state index in [-0.39, 0.29) is 0 Å². The second-order valence-electron chi connectivity index (χ2n) is 2.94. The van der Waals surface area contributed by atoms with Crippen molar-refractivity contribution < 1.29 is 4.52 Å². The zero-order valence-electron chi connectivity index (χ0n) is 7.51. The summed E-state index contributed by atoms with van der Waals surface area (Å²) in [5, 5.41) is 11.3. The average Bonchev–Trinajstić information content (AvgIpc) is 2.85. The van der Waals surface area contributed by atoms with Gasteiger partial charge in [-0.1, -0.05) is 5.16 Å². The van der Waals surface area contributed by atoms with Gasteiger partial charge in [-0.3, -0.25) is 5.10 Å². The molecule has 0 saturated carbocycles. The Morgan fingerprint density at radius 2 is 2.27 bits per heavy atom. The minimum atomic E-state index is 0.367. The molecule has 0 spiro atoms. The van der Waals surface area contributed by atoms with Crippen molar-refractivity contribution in [2.75, 3.05) is 5.73 Å². The van der Waals surface area contributed by atoms with E-state index in [1.165, 1.54) is 12.6 Å². The molecule has 0 unspecified atom stereocenters. The SMILES string of the molecule is Nc1ncnc2n[nH]c(-c3ccon3)c12. The molecule has 0 radical (unpaired) electrons. The molecule has 0 fully saturated rings. The first-order valence-electron chi connectivity index (χ1n) is 4.21. The van der Waals surface area contributed by atoms with Gasteiger partial charge in [0.15, 0.2) is 5.65 Å². The standard InChI is InChI=1S/C8H6N6O/c9-7-5-6(4-1-2-15-14-4)12-13-8(5)11-3-10-7/h1-3H,(H3,9,10,11,12,13). The quantitative estimate of drug-likeness (QED) is 0.598. The van der Waals surface area contributed by atoms with Gasteiger partial charge in [0.25, 0.3) is 0 Å². The van der Waals surface area contributed by atoms with E-state index in [9.17, 15) is 0 Å². The van der Waals surface area contributed by atoms with E-state index in [0.29, 0.717) is 28.2 Å². The summed E-state index contributed by atoms with van der Waals surface area (Å²) in [4.78, 5) is 7.88. The summed E-state index contributed by atoms with van der Waals surface area (Å²) < 4.78 is 4.75. The largest absolute Gasteiger partial charge is 0.383 e. The Morgan fingerprint density at radius 1 is 1.33 bits per heavy atom. The van der Waals surface area contributed by atoms with Crippen LogP contribution in [0, 0.1) is 0 Å². The lowest BCUT2D eigenvalue weighted by atomic mass is 10.2. The lowest BCUT2D eigenvalue weighted by molar-refractivity contribution is 0.422. The first kappa shape index (κ1) is 7.92. The van der Waals surface area contributed by atoms with Crippen molar-refractivity contribution in [1.82, 2.24) is 25.3 Å². The Kier molecular flexibility index (Phi) is 1.46. The molecular weight excluding hydrogens is 196 g/mol. The number of H-pyrrole nitrogens is 1. The average molecular weight is 202 g/mol. The molecular formula is C8H6N6O. The molecule has 0 aliphatic rings. The summed E-state index contributed by atoms with van der Waals surface area (Å²) >= 11 is 0. The number of anilines is 1. The third-order valence-corrected chi connectivity index (χ3v) is 2.07. The smallest absolute Gasteiger partial charge is 0.186 e. The molecule has 3 rings (SSSR count). The topological polar surface area (TPSA) is 107 Å². The highest BCUT2D eigenvalue weighted by atomic mass is 16.5. The van der Waals surface area contributed by atoms with Gasteiger partial charge in [-0.05, 0) is 0 Å². The van der Waals surface area contributed by atoms with Gasteiger partial charge >= 0.3 is 0 Å². The van der Waals surface area contributed by atoms with Crippen LogP contribution < -0.4 is 5.73 Å². The van der Waals surface area contributed by atoms with Gasteiger partial charge in [-0.15, -0.1) is 0 Å². The van der Waals surface area contributed by atoms with E-state index in [2.05, 4.69) is 25.3 Å². The van der Waals surface area contributed by atoms with Crippen LogP contribution in [0.5, 0.6) is 0 Å². The minimum absolute atomic E-state index is 0.367. The van der Waals surface area contributed by atoms with Crippen LogP contribution in [0.4, 0.5) is 5.82 Å². The molecule has 7 heteroatoms. The van der Waals surface area contributed by atoms with Crippen molar-refractivity contribution in [3.05, 3.63) is 18.7 Å². The third-order valence-electron chi connectivity index (χ3n) is 2.07. The fraction of sp³-hybridized carbons (Fsp3) is 0. The maximum Gasteiger partial charge on any atom is 0.186 e. The zero-order chi connectivity index (χ0) is 10.3. The van der Waals surface area contributed by atoms with E-state index < -0.39 is 0 Å². The number of nitrogen functional groups attached to an aromatic ring is 1. The maximum atomic E-state index is 5.74. The van der Waals surface area contributed by atoms with Crippen molar-refractivity contribution in [3.63, 3.8) is 0 Å². The molecule has 0 aromatic carbocycles. The number of nitrogens with zero attached hydrogens (tertiary/aromatic N) is 4. The minimum Gasteiger partial charge on any atom is -0.383 e. The summed E-state index contributed by atoms with van der Waals surface area (Å²) in [5.74, 6) is 0.367. The molecule has 74 valence electrons. The van der Waals surface area contributed by atoms with Gasteiger partial charge in [-0.2, -0.15) is 5.10 Å². The molecule has 3 aromatic heterocycles. The fourth-order valence-electron chi connectivity index (χ4n) is 1.41. The van der Waals surface area contributed by atoms with Crippen LogP contribution in [0.15, 0.2) is 23.2 Å². The fourth-order valence-corrected chi connectivity index (χ4v) is 1.41. The molecule has 7 nitrogen and oxygen atoms in total. The normalized spacial score (nSPS) is 10.9. The van der Waals surface area contributed by atoms with Gasteiger partial charge in [-0.25, -0.2) is 9.97 Å². The number of hydrogen-bond acceptors (Lipinski definition) is 6. The number of aromatic nitrogens is 5. The second kappa shape index (κ2) is 2.77. The lowest BCUT2D eigenvalue weighted by Crippen LogP contribution is -1.92. The summed E-state index contributed by atoms with van der Waals surface area (Å²) in [6, 6.07) is 1.71. The molecule has 15 heavy (non-hydrogen) atoms. The van der Waals surface area contributed by atoms with Crippen LogP contribution in [0.3, 0.4) is 0 Å². The Bertz CT molecular complexity index is 599. The van der Waals surface area contributed by atoms with E-state index in [0.717, 1.165) is 0 Å².